The maximum atomic E-state index is 10.7. The maximum absolute atomic E-state index is 10.7. The fourth-order valence-electron chi connectivity index (χ4n) is 2.81. The van der Waals surface area contributed by atoms with Crippen molar-refractivity contribution in [3.63, 3.8) is 0 Å². The standard InChI is InChI=1S/C14H21NO/c1-11-3-4-12(2)14(16,9-11)10-13-5-7-15-8-6-13/h5-8,11-12,16H,3-4,9-10H2,1-2H3. The molecule has 3 unspecified atom stereocenters. The fourth-order valence-corrected chi connectivity index (χ4v) is 2.81. The van der Waals surface area contributed by atoms with E-state index >= 15 is 0 Å². The number of pyridine rings is 1. The summed E-state index contributed by atoms with van der Waals surface area (Å²) in [5.41, 5.74) is 0.678. The van der Waals surface area contributed by atoms with Gasteiger partial charge in [0.15, 0.2) is 0 Å². The Bertz CT molecular complexity index is 338. The Balaban J connectivity index is 2.12. The molecule has 1 aliphatic carbocycles. The zero-order chi connectivity index (χ0) is 11.6. The summed E-state index contributed by atoms with van der Waals surface area (Å²) in [4.78, 5) is 4.01. The number of aromatic nitrogens is 1. The number of rotatable bonds is 2. The number of hydrogen-bond acceptors (Lipinski definition) is 2. The van der Waals surface area contributed by atoms with Gasteiger partial charge in [-0.15, -0.1) is 0 Å². The van der Waals surface area contributed by atoms with Crippen LogP contribution in [0.1, 0.15) is 38.7 Å². The van der Waals surface area contributed by atoms with Crippen LogP contribution in [-0.2, 0) is 6.42 Å². The molecule has 0 saturated heterocycles. The van der Waals surface area contributed by atoms with Crippen molar-refractivity contribution in [2.24, 2.45) is 11.8 Å². The number of nitrogens with zero attached hydrogens (tertiary/aromatic N) is 1. The van der Waals surface area contributed by atoms with Gasteiger partial charge in [0.05, 0.1) is 5.60 Å². The summed E-state index contributed by atoms with van der Waals surface area (Å²) in [5.74, 6) is 1.04. The van der Waals surface area contributed by atoms with Crippen molar-refractivity contribution in [1.82, 2.24) is 4.98 Å². The fraction of sp³-hybridized carbons (Fsp3) is 0.643. The average Bonchev–Trinajstić information content (AvgIpc) is 2.25. The first-order valence-corrected chi connectivity index (χ1v) is 6.21. The summed E-state index contributed by atoms with van der Waals surface area (Å²) >= 11 is 0. The van der Waals surface area contributed by atoms with E-state index < -0.39 is 5.60 Å². The summed E-state index contributed by atoms with van der Waals surface area (Å²) in [6.07, 6.45) is 7.69. The predicted molar refractivity (Wildman–Crippen MR) is 65.1 cm³/mol. The van der Waals surface area contributed by atoms with Crippen molar-refractivity contribution in [3.8, 4) is 0 Å². The minimum Gasteiger partial charge on any atom is -0.389 e. The molecule has 1 heterocycles. The van der Waals surface area contributed by atoms with Crippen molar-refractivity contribution in [2.75, 3.05) is 0 Å². The van der Waals surface area contributed by atoms with Gasteiger partial charge in [0.25, 0.3) is 0 Å². The second-order valence-electron chi connectivity index (χ2n) is 5.42. The van der Waals surface area contributed by atoms with Gasteiger partial charge in [0.1, 0.15) is 0 Å². The van der Waals surface area contributed by atoms with Crippen LogP contribution in [0, 0.1) is 11.8 Å². The Labute approximate surface area is 97.7 Å². The lowest BCUT2D eigenvalue weighted by molar-refractivity contribution is -0.0560. The first-order valence-electron chi connectivity index (χ1n) is 6.21. The smallest absolute Gasteiger partial charge is 0.0715 e. The Kier molecular flexibility index (Phi) is 3.29. The molecule has 0 amide bonds. The zero-order valence-electron chi connectivity index (χ0n) is 10.2. The summed E-state index contributed by atoms with van der Waals surface area (Å²) in [6.45, 7) is 4.41. The lowest BCUT2D eigenvalue weighted by Crippen LogP contribution is -2.43. The van der Waals surface area contributed by atoms with E-state index in [1.54, 1.807) is 12.4 Å². The van der Waals surface area contributed by atoms with E-state index in [1.807, 2.05) is 12.1 Å². The van der Waals surface area contributed by atoms with Crippen LogP contribution in [0.5, 0.6) is 0 Å². The third-order valence-electron chi connectivity index (χ3n) is 3.97. The molecule has 1 aromatic rings. The molecule has 1 aliphatic rings. The molecule has 1 fully saturated rings. The van der Waals surface area contributed by atoms with Crippen molar-refractivity contribution < 1.29 is 5.11 Å². The molecule has 16 heavy (non-hydrogen) atoms. The topological polar surface area (TPSA) is 33.1 Å². The molecule has 0 aliphatic heterocycles. The van der Waals surface area contributed by atoms with Gasteiger partial charge in [0, 0.05) is 18.8 Å². The maximum Gasteiger partial charge on any atom is 0.0715 e. The van der Waals surface area contributed by atoms with Crippen LogP contribution < -0.4 is 0 Å². The highest BCUT2D eigenvalue weighted by Gasteiger charge is 2.38. The van der Waals surface area contributed by atoms with Gasteiger partial charge in [-0.2, -0.15) is 0 Å². The SMILES string of the molecule is CC1CCC(C)C(O)(Cc2ccncc2)C1. The van der Waals surface area contributed by atoms with Crippen molar-refractivity contribution in [2.45, 2.75) is 45.1 Å². The summed E-state index contributed by atoms with van der Waals surface area (Å²) in [7, 11) is 0. The van der Waals surface area contributed by atoms with E-state index in [0.29, 0.717) is 11.8 Å². The molecule has 88 valence electrons. The molecule has 2 heteroatoms. The third kappa shape index (κ3) is 2.43. The Morgan fingerprint density at radius 3 is 2.69 bits per heavy atom. The third-order valence-corrected chi connectivity index (χ3v) is 3.97. The molecule has 2 nitrogen and oxygen atoms in total. The molecule has 0 radical (unpaired) electrons. The van der Waals surface area contributed by atoms with Gasteiger partial charge in [0.2, 0.25) is 0 Å². The molecule has 0 spiro atoms. The molecule has 1 saturated carbocycles. The van der Waals surface area contributed by atoms with Crippen LogP contribution in [0.3, 0.4) is 0 Å². The average molecular weight is 219 g/mol. The van der Waals surface area contributed by atoms with Gasteiger partial charge in [-0.3, -0.25) is 4.98 Å². The zero-order valence-corrected chi connectivity index (χ0v) is 10.2. The van der Waals surface area contributed by atoms with Gasteiger partial charge in [-0.1, -0.05) is 20.3 Å². The highest BCUT2D eigenvalue weighted by molar-refractivity contribution is 5.14. The minimum absolute atomic E-state index is 0.400. The molecule has 0 aromatic carbocycles. The lowest BCUT2D eigenvalue weighted by Gasteiger charge is -2.41. The first kappa shape index (κ1) is 11.6. The monoisotopic (exact) mass is 219 g/mol. The summed E-state index contributed by atoms with van der Waals surface area (Å²) < 4.78 is 0. The normalized spacial score (nSPS) is 34.9. The van der Waals surface area contributed by atoms with Gasteiger partial charge >= 0.3 is 0 Å². The van der Waals surface area contributed by atoms with Gasteiger partial charge in [-0.25, -0.2) is 0 Å². The Morgan fingerprint density at radius 1 is 1.31 bits per heavy atom. The molecule has 1 aromatic heterocycles. The van der Waals surface area contributed by atoms with Crippen LogP contribution in [0.4, 0.5) is 0 Å². The van der Waals surface area contributed by atoms with Crippen LogP contribution >= 0.6 is 0 Å². The van der Waals surface area contributed by atoms with E-state index in [0.717, 1.165) is 19.3 Å². The van der Waals surface area contributed by atoms with Crippen LogP contribution in [0.15, 0.2) is 24.5 Å². The molecular formula is C14H21NO. The second kappa shape index (κ2) is 4.54. The van der Waals surface area contributed by atoms with Crippen LogP contribution in [0.25, 0.3) is 0 Å². The predicted octanol–water partition coefficient (Wildman–Crippen LogP) is 2.81. The van der Waals surface area contributed by atoms with Crippen LogP contribution in [-0.4, -0.2) is 15.7 Å². The van der Waals surface area contributed by atoms with Crippen molar-refractivity contribution >= 4 is 0 Å². The van der Waals surface area contributed by atoms with Crippen molar-refractivity contribution in [1.29, 1.82) is 0 Å². The van der Waals surface area contributed by atoms with E-state index in [1.165, 1.54) is 12.0 Å². The van der Waals surface area contributed by atoms with E-state index in [2.05, 4.69) is 18.8 Å². The Morgan fingerprint density at radius 2 is 2.00 bits per heavy atom. The summed E-state index contributed by atoms with van der Waals surface area (Å²) in [6, 6.07) is 4.01. The van der Waals surface area contributed by atoms with Gasteiger partial charge < -0.3 is 5.11 Å². The quantitative estimate of drug-likeness (QED) is 0.829. The lowest BCUT2D eigenvalue weighted by atomic mass is 9.69. The summed E-state index contributed by atoms with van der Waals surface area (Å²) in [5, 5.41) is 10.7. The molecule has 1 N–H and O–H groups in total. The van der Waals surface area contributed by atoms with Crippen LogP contribution in [0.2, 0.25) is 0 Å². The van der Waals surface area contributed by atoms with E-state index in [4.69, 9.17) is 0 Å². The first-order chi connectivity index (χ1) is 7.60. The largest absolute Gasteiger partial charge is 0.389 e. The van der Waals surface area contributed by atoms with Gasteiger partial charge in [-0.05, 0) is 42.4 Å². The Hall–Kier alpha value is -0.890. The van der Waals surface area contributed by atoms with E-state index in [9.17, 15) is 5.11 Å². The molecule has 2 rings (SSSR count). The number of hydrogen-bond donors (Lipinski definition) is 1. The molecule has 3 atom stereocenters. The number of aliphatic hydroxyl groups is 1. The molecule has 0 bridgehead atoms. The minimum atomic E-state index is -0.515. The highest BCUT2D eigenvalue weighted by Crippen LogP contribution is 2.38. The highest BCUT2D eigenvalue weighted by atomic mass is 16.3. The molecular weight excluding hydrogens is 198 g/mol. The second-order valence-corrected chi connectivity index (χ2v) is 5.42. The van der Waals surface area contributed by atoms with E-state index in [-0.39, 0.29) is 0 Å². The van der Waals surface area contributed by atoms with Crippen molar-refractivity contribution in [3.05, 3.63) is 30.1 Å².